The van der Waals surface area contributed by atoms with Gasteiger partial charge in [-0.15, -0.1) is 0 Å². The number of carbonyl (C=O) groups excluding carboxylic acids is 2. The number of ether oxygens (including phenoxy) is 1. The number of nitrogens with one attached hydrogen (secondary N) is 1. The maximum atomic E-state index is 13.0. The predicted molar refractivity (Wildman–Crippen MR) is 98.8 cm³/mol. The number of rotatable bonds is 5. The summed E-state index contributed by atoms with van der Waals surface area (Å²) in [7, 11) is 1.68. The molecule has 0 rings (SSSR count). The second-order valence-electron chi connectivity index (χ2n) is 8.62. The third kappa shape index (κ3) is 8.06. The average molecular weight is 351 g/mol. The second-order valence-corrected chi connectivity index (χ2v) is 8.62. The summed E-state index contributed by atoms with van der Waals surface area (Å²) in [5.41, 5.74) is -1.14. The van der Waals surface area contributed by atoms with Gasteiger partial charge in [0.15, 0.2) is 0 Å². The summed E-state index contributed by atoms with van der Waals surface area (Å²) in [5.74, 6) is -0.0969. The van der Waals surface area contributed by atoms with Gasteiger partial charge in [-0.1, -0.05) is 40.7 Å². The van der Waals surface area contributed by atoms with Crippen LogP contribution in [0.4, 0.5) is 4.79 Å². The molecule has 0 aliphatic carbocycles. The Balaban J connectivity index is 5.47. The molecule has 6 nitrogen and oxygen atoms in total. The van der Waals surface area contributed by atoms with Crippen LogP contribution in [0, 0.1) is 22.7 Å². The SMILES string of the molecule is CC(C)[C@@H](/C=C/C#N)N(C)C(=O)[C@@H](NC(=O)OC(C)(C)C)C(C)(C)C. The van der Waals surface area contributed by atoms with Gasteiger partial charge in [-0.3, -0.25) is 4.79 Å². The number of alkyl carbamates (subject to hydrolysis) is 1. The summed E-state index contributed by atoms with van der Waals surface area (Å²) in [4.78, 5) is 26.8. The number of nitriles is 1. The van der Waals surface area contributed by atoms with E-state index in [0.717, 1.165) is 0 Å². The Hall–Kier alpha value is -2.03. The van der Waals surface area contributed by atoms with Gasteiger partial charge in [-0.25, -0.2) is 4.79 Å². The molecule has 25 heavy (non-hydrogen) atoms. The van der Waals surface area contributed by atoms with Gasteiger partial charge < -0.3 is 15.0 Å². The van der Waals surface area contributed by atoms with E-state index in [9.17, 15) is 9.59 Å². The van der Waals surface area contributed by atoms with Gasteiger partial charge in [0.25, 0.3) is 0 Å². The highest BCUT2D eigenvalue weighted by Gasteiger charge is 2.37. The summed E-state index contributed by atoms with van der Waals surface area (Å²) in [6.45, 7) is 14.9. The first-order valence-corrected chi connectivity index (χ1v) is 8.53. The number of allylic oxidation sites excluding steroid dienone is 1. The number of likely N-dealkylation sites (N-methyl/N-ethyl adjacent to an activating group) is 1. The lowest BCUT2D eigenvalue weighted by Crippen LogP contribution is -2.56. The quantitative estimate of drug-likeness (QED) is 0.769. The van der Waals surface area contributed by atoms with Crippen LogP contribution in [0.3, 0.4) is 0 Å². The fourth-order valence-corrected chi connectivity index (χ4v) is 2.36. The molecule has 0 aliphatic heterocycles. The van der Waals surface area contributed by atoms with Crippen LogP contribution >= 0.6 is 0 Å². The van der Waals surface area contributed by atoms with Gasteiger partial charge in [0.1, 0.15) is 11.6 Å². The number of amides is 2. The zero-order valence-corrected chi connectivity index (χ0v) is 17.0. The van der Waals surface area contributed by atoms with E-state index in [2.05, 4.69) is 5.32 Å². The summed E-state index contributed by atoms with van der Waals surface area (Å²) < 4.78 is 5.29. The van der Waals surface area contributed by atoms with Crippen LogP contribution in [0.2, 0.25) is 0 Å². The predicted octanol–water partition coefficient (Wildman–Crippen LogP) is 3.49. The summed E-state index contributed by atoms with van der Waals surface area (Å²) in [5, 5.41) is 11.5. The molecule has 2 amide bonds. The molecule has 0 saturated heterocycles. The van der Waals surface area contributed by atoms with Gasteiger partial charge in [0, 0.05) is 13.1 Å². The van der Waals surface area contributed by atoms with Crippen LogP contribution in [-0.2, 0) is 9.53 Å². The van der Waals surface area contributed by atoms with Crippen molar-refractivity contribution >= 4 is 12.0 Å². The van der Waals surface area contributed by atoms with E-state index >= 15 is 0 Å². The molecule has 2 atom stereocenters. The van der Waals surface area contributed by atoms with Gasteiger partial charge in [0.2, 0.25) is 5.91 Å². The highest BCUT2D eigenvalue weighted by molar-refractivity contribution is 5.86. The molecule has 142 valence electrons. The fourth-order valence-electron chi connectivity index (χ4n) is 2.36. The topological polar surface area (TPSA) is 82.4 Å². The van der Waals surface area contributed by atoms with E-state index in [1.165, 1.54) is 6.08 Å². The van der Waals surface area contributed by atoms with E-state index in [1.54, 1.807) is 38.8 Å². The van der Waals surface area contributed by atoms with Crippen LogP contribution in [0.1, 0.15) is 55.4 Å². The van der Waals surface area contributed by atoms with E-state index in [4.69, 9.17) is 10.00 Å². The highest BCUT2D eigenvalue weighted by Crippen LogP contribution is 2.23. The number of hydrogen-bond donors (Lipinski definition) is 1. The van der Waals surface area contributed by atoms with Crippen LogP contribution < -0.4 is 5.32 Å². The normalized spacial score (nSPS) is 14.8. The molecule has 0 spiro atoms. The molecule has 0 heterocycles. The van der Waals surface area contributed by atoms with E-state index in [1.807, 2.05) is 40.7 Å². The molecule has 0 bridgehead atoms. The van der Waals surface area contributed by atoms with Crippen molar-refractivity contribution in [2.45, 2.75) is 73.1 Å². The largest absolute Gasteiger partial charge is 0.444 e. The Kier molecular flexibility index (Phi) is 8.17. The Labute approximate surface area is 152 Å². The van der Waals surface area contributed by atoms with Crippen molar-refractivity contribution in [1.82, 2.24) is 10.2 Å². The Morgan fingerprint density at radius 1 is 1.16 bits per heavy atom. The first-order valence-electron chi connectivity index (χ1n) is 8.53. The van der Waals surface area contributed by atoms with Crippen LogP contribution in [-0.4, -0.2) is 41.6 Å². The first kappa shape index (κ1) is 23.0. The maximum absolute atomic E-state index is 13.0. The van der Waals surface area contributed by atoms with Crippen LogP contribution in [0.5, 0.6) is 0 Å². The van der Waals surface area contributed by atoms with Crippen molar-refractivity contribution in [1.29, 1.82) is 5.26 Å². The molecule has 0 radical (unpaired) electrons. The van der Waals surface area contributed by atoms with E-state index in [-0.39, 0.29) is 17.9 Å². The van der Waals surface area contributed by atoms with Gasteiger partial charge >= 0.3 is 6.09 Å². The second kappa shape index (κ2) is 8.89. The van der Waals surface area contributed by atoms with Crippen molar-refractivity contribution in [2.75, 3.05) is 7.05 Å². The van der Waals surface area contributed by atoms with Crippen LogP contribution in [0.15, 0.2) is 12.2 Å². The third-order valence-corrected chi connectivity index (χ3v) is 3.62. The molecule has 0 aromatic carbocycles. The monoisotopic (exact) mass is 351 g/mol. The smallest absolute Gasteiger partial charge is 0.408 e. The standard InChI is InChI=1S/C19H33N3O3/c1-13(2)14(11-10-12-20)22(9)16(23)15(18(3,4)5)21-17(24)25-19(6,7)8/h10-11,13-15H,1-9H3,(H,21,24)/b11-10+/t14-,15-/m1/s1. The number of nitrogens with zero attached hydrogens (tertiary/aromatic N) is 2. The molecule has 6 heteroatoms. The summed E-state index contributed by atoms with van der Waals surface area (Å²) >= 11 is 0. The minimum absolute atomic E-state index is 0.126. The summed E-state index contributed by atoms with van der Waals surface area (Å²) in [6, 6.07) is 0.971. The summed E-state index contributed by atoms with van der Waals surface area (Å²) in [6.07, 6.45) is 2.46. The number of carbonyl (C=O) groups is 2. The van der Waals surface area contributed by atoms with Gasteiger partial charge in [-0.2, -0.15) is 5.26 Å². The maximum Gasteiger partial charge on any atom is 0.408 e. The zero-order chi connectivity index (χ0) is 20.0. The Morgan fingerprint density at radius 3 is 2.04 bits per heavy atom. The van der Waals surface area contributed by atoms with Crippen molar-refractivity contribution in [3.63, 3.8) is 0 Å². The lowest BCUT2D eigenvalue weighted by Gasteiger charge is -2.37. The minimum atomic E-state index is -0.746. The van der Waals surface area contributed by atoms with Crippen molar-refractivity contribution in [2.24, 2.45) is 11.3 Å². The van der Waals surface area contributed by atoms with Crippen LogP contribution in [0.25, 0.3) is 0 Å². The van der Waals surface area contributed by atoms with Crippen molar-refractivity contribution in [3.8, 4) is 6.07 Å². The molecular weight excluding hydrogens is 318 g/mol. The fraction of sp³-hybridized carbons (Fsp3) is 0.737. The average Bonchev–Trinajstić information content (AvgIpc) is 2.40. The highest BCUT2D eigenvalue weighted by atomic mass is 16.6. The van der Waals surface area contributed by atoms with E-state index < -0.39 is 23.2 Å². The zero-order valence-electron chi connectivity index (χ0n) is 17.0. The lowest BCUT2D eigenvalue weighted by molar-refractivity contribution is -0.136. The third-order valence-electron chi connectivity index (χ3n) is 3.62. The lowest BCUT2D eigenvalue weighted by atomic mass is 9.85. The Morgan fingerprint density at radius 2 is 1.68 bits per heavy atom. The van der Waals surface area contributed by atoms with Crippen molar-refractivity contribution in [3.05, 3.63) is 12.2 Å². The number of hydrogen-bond acceptors (Lipinski definition) is 4. The van der Waals surface area contributed by atoms with Gasteiger partial charge in [-0.05, 0) is 32.1 Å². The molecule has 0 unspecified atom stereocenters. The molecule has 0 aromatic rings. The molecule has 0 aromatic heterocycles. The van der Waals surface area contributed by atoms with Gasteiger partial charge in [0.05, 0.1) is 12.1 Å². The molecule has 0 saturated carbocycles. The molecular formula is C19H33N3O3. The first-order chi connectivity index (χ1) is 11.2. The Bertz CT molecular complexity index is 534. The molecule has 0 fully saturated rings. The molecule has 1 N–H and O–H groups in total. The minimum Gasteiger partial charge on any atom is -0.444 e. The molecule has 0 aliphatic rings. The van der Waals surface area contributed by atoms with E-state index in [0.29, 0.717) is 0 Å². The van der Waals surface area contributed by atoms with Crippen molar-refractivity contribution < 1.29 is 14.3 Å².